The van der Waals surface area contributed by atoms with Gasteiger partial charge in [-0.25, -0.2) is 0 Å². The maximum atomic E-state index is 2.46. The van der Waals surface area contributed by atoms with Gasteiger partial charge in [-0.15, -0.1) is 0 Å². The minimum absolute atomic E-state index is 0.345. The van der Waals surface area contributed by atoms with Crippen LogP contribution in [0.3, 0.4) is 0 Å². The third kappa shape index (κ3) is 1.11. The second-order valence-corrected chi connectivity index (χ2v) is 6.20. The lowest BCUT2D eigenvalue weighted by atomic mass is 9.86. The highest BCUT2D eigenvalue weighted by atomic mass is 14.8. The molecule has 0 aromatic heterocycles. The number of rotatable bonds is 3. The molecule has 0 heteroatoms. The van der Waals surface area contributed by atoms with Crippen LogP contribution in [-0.2, 0) is 5.41 Å². The first kappa shape index (κ1) is 11.7. The largest absolute Gasteiger partial charge is 0.0654 e. The lowest BCUT2D eigenvalue weighted by Gasteiger charge is -2.18. The molecule has 1 aliphatic carbocycles. The second-order valence-electron chi connectivity index (χ2n) is 6.20. The van der Waals surface area contributed by atoms with E-state index in [0.717, 1.165) is 0 Å². The Morgan fingerprint density at radius 3 is 2.00 bits per heavy atom. The summed E-state index contributed by atoms with van der Waals surface area (Å²) in [6.45, 7) is 12.1. The molecule has 88 valence electrons. The zero-order valence-corrected chi connectivity index (χ0v) is 11.3. The molecular formula is C16H24. The van der Waals surface area contributed by atoms with Gasteiger partial charge >= 0.3 is 0 Å². The SMILES string of the molecule is CCCC1(C)C(C)(C)C1(C)c1ccccc1. The highest BCUT2D eigenvalue weighted by molar-refractivity contribution is 5.43. The van der Waals surface area contributed by atoms with Gasteiger partial charge in [0.2, 0.25) is 0 Å². The molecule has 1 fully saturated rings. The normalized spacial score (nSPS) is 36.1. The molecule has 0 bridgehead atoms. The van der Waals surface area contributed by atoms with Crippen molar-refractivity contribution in [2.24, 2.45) is 10.8 Å². The molecule has 0 N–H and O–H groups in total. The Labute approximate surface area is 100 Å². The van der Waals surface area contributed by atoms with Gasteiger partial charge in [0.05, 0.1) is 0 Å². The van der Waals surface area contributed by atoms with Crippen molar-refractivity contribution in [1.82, 2.24) is 0 Å². The van der Waals surface area contributed by atoms with Gasteiger partial charge in [-0.1, -0.05) is 71.4 Å². The first-order valence-corrected chi connectivity index (χ1v) is 6.47. The Morgan fingerprint density at radius 1 is 0.938 bits per heavy atom. The number of benzene rings is 1. The fourth-order valence-electron chi connectivity index (χ4n) is 3.96. The molecular weight excluding hydrogens is 192 g/mol. The summed E-state index contributed by atoms with van der Waals surface area (Å²) in [6, 6.07) is 11.0. The molecule has 1 aliphatic rings. The van der Waals surface area contributed by atoms with Gasteiger partial charge in [0, 0.05) is 5.41 Å². The van der Waals surface area contributed by atoms with E-state index in [2.05, 4.69) is 65.0 Å². The predicted octanol–water partition coefficient (Wildman–Crippen LogP) is 4.79. The van der Waals surface area contributed by atoms with Crippen molar-refractivity contribution in [2.75, 3.05) is 0 Å². The molecule has 0 saturated heterocycles. The van der Waals surface area contributed by atoms with Crippen molar-refractivity contribution < 1.29 is 0 Å². The van der Waals surface area contributed by atoms with Crippen LogP contribution in [0.4, 0.5) is 0 Å². The van der Waals surface area contributed by atoms with Crippen molar-refractivity contribution in [3.63, 3.8) is 0 Å². The fraction of sp³-hybridized carbons (Fsp3) is 0.625. The molecule has 0 nitrogen and oxygen atoms in total. The molecule has 0 amide bonds. The van der Waals surface area contributed by atoms with Crippen LogP contribution in [-0.4, -0.2) is 0 Å². The first-order chi connectivity index (χ1) is 7.42. The molecule has 1 saturated carbocycles. The molecule has 2 rings (SSSR count). The van der Waals surface area contributed by atoms with Gasteiger partial charge in [-0.05, 0) is 22.8 Å². The fourth-order valence-corrected chi connectivity index (χ4v) is 3.96. The van der Waals surface area contributed by atoms with Crippen molar-refractivity contribution in [3.8, 4) is 0 Å². The Kier molecular flexibility index (Phi) is 2.45. The van der Waals surface area contributed by atoms with Crippen LogP contribution in [0.15, 0.2) is 30.3 Å². The maximum absolute atomic E-state index is 2.46. The number of hydrogen-bond donors (Lipinski definition) is 0. The van der Waals surface area contributed by atoms with Crippen molar-refractivity contribution in [3.05, 3.63) is 35.9 Å². The highest BCUT2D eigenvalue weighted by Crippen LogP contribution is 2.79. The van der Waals surface area contributed by atoms with Gasteiger partial charge in [-0.3, -0.25) is 0 Å². The highest BCUT2D eigenvalue weighted by Gasteiger charge is 2.76. The summed E-state index contributed by atoms with van der Waals surface area (Å²) < 4.78 is 0. The van der Waals surface area contributed by atoms with Gasteiger partial charge in [0.1, 0.15) is 0 Å². The quantitative estimate of drug-likeness (QED) is 0.681. The van der Waals surface area contributed by atoms with Gasteiger partial charge < -0.3 is 0 Å². The van der Waals surface area contributed by atoms with E-state index in [9.17, 15) is 0 Å². The summed E-state index contributed by atoms with van der Waals surface area (Å²) in [5.74, 6) is 0. The predicted molar refractivity (Wildman–Crippen MR) is 70.6 cm³/mol. The molecule has 1 aromatic carbocycles. The summed E-state index contributed by atoms with van der Waals surface area (Å²) >= 11 is 0. The molecule has 0 aliphatic heterocycles. The van der Waals surface area contributed by atoms with Gasteiger partial charge in [0.15, 0.2) is 0 Å². The smallest absolute Gasteiger partial charge is 0.00405 e. The van der Waals surface area contributed by atoms with Crippen LogP contribution in [0.5, 0.6) is 0 Å². The minimum Gasteiger partial charge on any atom is -0.0654 e. The summed E-state index contributed by atoms with van der Waals surface area (Å²) in [5, 5.41) is 0. The van der Waals surface area contributed by atoms with Crippen LogP contribution in [0.1, 0.15) is 53.0 Å². The average molecular weight is 216 g/mol. The minimum atomic E-state index is 0.345. The van der Waals surface area contributed by atoms with Gasteiger partial charge in [0.25, 0.3) is 0 Å². The summed E-state index contributed by atoms with van der Waals surface area (Å²) in [7, 11) is 0. The summed E-state index contributed by atoms with van der Waals surface area (Å²) in [5.41, 5.74) is 2.72. The van der Waals surface area contributed by atoms with E-state index in [1.54, 1.807) is 0 Å². The van der Waals surface area contributed by atoms with Crippen molar-refractivity contribution in [1.29, 1.82) is 0 Å². The maximum Gasteiger partial charge on any atom is 0.00405 e. The Hall–Kier alpha value is -0.780. The monoisotopic (exact) mass is 216 g/mol. The average Bonchev–Trinajstić information content (AvgIpc) is 2.61. The molecule has 0 heterocycles. The molecule has 16 heavy (non-hydrogen) atoms. The van der Waals surface area contributed by atoms with Crippen LogP contribution in [0, 0.1) is 10.8 Å². The summed E-state index contributed by atoms with van der Waals surface area (Å²) in [4.78, 5) is 0. The van der Waals surface area contributed by atoms with Gasteiger partial charge in [-0.2, -0.15) is 0 Å². The van der Waals surface area contributed by atoms with Crippen LogP contribution in [0.25, 0.3) is 0 Å². The van der Waals surface area contributed by atoms with Crippen molar-refractivity contribution in [2.45, 2.75) is 52.9 Å². The van der Waals surface area contributed by atoms with Crippen LogP contribution in [0.2, 0.25) is 0 Å². The van der Waals surface area contributed by atoms with E-state index in [1.165, 1.54) is 18.4 Å². The summed E-state index contributed by atoms with van der Waals surface area (Å²) in [6.07, 6.45) is 2.60. The topological polar surface area (TPSA) is 0 Å². The van der Waals surface area contributed by atoms with E-state index in [-0.39, 0.29) is 0 Å². The van der Waals surface area contributed by atoms with Crippen molar-refractivity contribution >= 4 is 0 Å². The lowest BCUT2D eigenvalue weighted by molar-refractivity contribution is 0.381. The molecule has 0 radical (unpaired) electrons. The van der Waals surface area contributed by atoms with E-state index in [1.807, 2.05) is 0 Å². The first-order valence-electron chi connectivity index (χ1n) is 6.47. The lowest BCUT2D eigenvalue weighted by Crippen LogP contribution is -2.12. The van der Waals surface area contributed by atoms with E-state index < -0.39 is 0 Å². The van der Waals surface area contributed by atoms with E-state index >= 15 is 0 Å². The van der Waals surface area contributed by atoms with Crippen LogP contribution < -0.4 is 0 Å². The Morgan fingerprint density at radius 2 is 1.50 bits per heavy atom. The molecule has 0 spiro atoms. The Bertz CT molecular complexity index is 376. The molecule has 1 aromatic rings. The zero-order chi connectivity index (χ0) is 12.0. The molecule has 2 unspecified atom stereocenters. The number of hydrogen-bond acceptors (Lipinski definition) is 0. The third-order valence-electron chi connectivity index (χ3n) is 5.77. The Balaban J connectivity index is 2.42. The standard InChI is InChI=1S/C16H24/c1-6-12-15(4)14(2,3)16(15,5)13-10-8-7-9-11-13/h7-11H,6,12H2,1-5H3. The molecule has 2 atom stereocenters. The van der Waals surface area contributed by atoms with E-state index in [4.69, 9.17) is 0 Å². The van der Waals surface area contributed by atoms with Crippen LogP contribution >= 0.6 is 0 Å². The van der Waals surface area contributed by atoms with E-state index in [0.29, 0.717) is 16.2 Å². The zero-order valence-electron chi connectivity index (χ0n) is 11.3. The second kappa shape index (κ2) is 3.35. The third-order valence-corrected chi connectivity index (χ3v) is 5.77.